The SMILES string of the molecule is OCCc1nc2n(n1)CCC(O)C2. The van der Waals surface area contributed by atoms with Gasteiger partial charge in [0.05, 0.1) is 12.7 Å². The highest BCUT2D eigenvalue weighted by atomic mass is 16.3. The van der Waals surface area contributed by atoms with Crippen molar-refractivity contribution in [3.8, 4) is 0 Å². The fourth-order valence-electron chi connectivity index (χ4n) is 1.55. The summed E-state index contributed by atoms with van der Waals surface area (Å²) in [6.45, 7) is 0.806. The number of hydrogen-bond acceptors (Lipinski definition) is 4. The number of hydrogen-bond donors (Lipinski definition) is 2. The first-order valence-corrected chi connectivity index (χ1v) is 4.51. The number of aryl methyl sites for hydroxylation is 1. The molecule has 0 amide bonds. The van der Waals surface area contributed by atoms with Crippen LogP contribution < -0.4 is 0 Å². The lowest BCUT2D eigenvalue weighted by Crippen LogP contribution is -2.23. The summed E-state index contributed by atoms with van der Waals surface area (Å²) in [7, 11) is 0. The minimum atomic E-state index is -0.279. The van der Waals surface area contributed by atoms with Gasteiger partial charge in [0.1, 0.15) is 5.82 Å². The maximum absolute atomic E-state index is 9.36. The molecule has 13 heavy (non-hydrogen) atoms. The number of nitrogens with zero attached hydrogens (tertiary/aromatic N) is 3. The molecule has 0 aliphatic carbocycles. The molecule has 0 bridgehead atoms. The maximum Gasteiger partial charge on any atom is 0.153 e. The van der Waals surface area contributed by atoms with Gasteiger partial charge in [-0.15, -0.1) is 0 Å². The van der Waals surface area contributed by atoms with Crippen LogP contribution in [0.2, 0.25) is 0 Å². The standard InChI is InChI=1S/C8H13N3O2/c12-4-2-7-9-8-5-6(13)1-3-11(8)10-7/h6,12-13H,1-5H2. The van der Waals surface area contributed by atoms with Crippen LogP contribution in [0.4, 0.5) is 0 Å². The molecule has 2 N–H and O–H groups in total. The fourth-order valence-corrected chi connectivity index (χ4v) is 1.55. The Morgan fingerprint density at radius 2 is 2.38 bits per heavy atom. The third-order valence-corrected chi connectivity index (χ3v) is 2.22. The molecule has 0 aromatic carbocycles. The van der Waals surface area contributed by atoms with E-state index in [4.69, 9.17) is 5.11 Å². The van der Waals surface area contributed by atoms with Crippen molar-refractivity contribution in [2.45, 2.75) is 31.9 Å². The van der Waals surface area contributed by atoms with E-state index < -0.39 is 0 Å². The predicted octanol–water partition coefficient (Wildman–Crippen LogP) is -0.880. The Morgan fingerprint density at radius 1 is 1.54 bits per heavy atom. The van der Waals surface area contributed by atoms with Crippen molar-refractivity contribution in [1.29, 1.82) is 0 Å². The lowest BCUT2D eigenvalue weighted by molar-refractivity contribution is 0.138. The predicted molar refractivity (Wildman–Crippen MR) is 45.1 cm³/mol. The molecule has 1 aromatic rings. The van der Waals surface area contributed by atoms with Gasteiger partial charge in [0, 0.05) is 19.4 Å². The molecule has 0 spiro atoms. The zero-order valence-corrected chi connectivity index (χ0v) is 7.35. The quantitative estimate of drug-likeness (QED) is 0.624. The molecule has 1 aliphatic rings. The summed E-state index contributed by atoms with van der Waals surface area (Å²) in [5.41, 5.74) is 0. The summed E-state index contributed by atoms with van der Waals surface area (Å²) in [6, 6.07) is 0. The van der Waals surface area contributed by atoms with Gasteiger partial charge in [-0.2, -0.15) is 5.10 Å². The van der Waals surface area contributed by atoms with E-state index in [1.54, 1.807) is 0 Å². The molecule has 0 radical (unpaired) electrons. The molecule has 5 nitrogen and oxygen atoms in total. The number of aromatic nitrogens is 3. The highest BCUT2D eigenvalue weighted by molar-refractivity contribution is 4.97. The molecule has 1 unspecified atom stereocenters. The second kappa shape index (κ2) is 3.43. The summed E-state index contributed by atoms with van der Waals surface area (Å²) in [5, 5.41) is 22.3. The monoisotopic (exact) mass is 183 g/mol. The largest absolute Gasteiger partial charge is 0.396 e. The maximum atomic E-state index is 9.36. The van der Waals surface area contributed by atoms with E-state index in [1.165, 1.54) is 0 Å². The van der Waals surface area contributed by atoms with Crippen molar-refractivity contribution in [3.63, 3.8) is 0 Å². The van der Waals surface area contributed by atoms with Crippen LogP contribution in [-0.4, -0.2) is 37.7 Å². The van der Waals surface area contributed by atoms with E-state index in [0.29, 0.717) is 18.7 Å². The molecule has 2 heterocycles. The van der Waals surface area contributed by atoms with E-state index in [-0.39, 0.29) is 12.7 Å². The molecule has 2 rings (SSSR count). The Kier molecular flexibility index (Phi) is 2.28. The van der Waals surface area contributed by atoms with Crippen molar-refractivity contribution in [1.82, 2.24) is 14.8 Å². The van der Waals surface area contributed by atoms with Gasteiger partial charge in [-0.1, -0.05) is 0 Å². The Hall–Kier alpha value is -0.940. The van der Waals surface area contributed by atoms with E-state index >= 15 is 0 Å². The van der Waals surface area contributed by atoms with Crippen LogP contribution in [0.25, 0.3) is 0 Å². The van der Waals surface area contributed by atoms with Crippen LogP contribution in [-0.2, 0) is 19.4 Å². The molecular formula is C8H13N3O2. The van der Waals surface area contributed by atoms with Gasteiger partial charge in [0.15, 0.2) is 5.82 Å². The smallest absolute Gasteiger partial charge is 0.153 e. The Balaban J connectivity index is 2.18. The molecular weight excluding hydrogens is 170 g/mol. The van der Waals surface area contributed by atoms with Gasteiger partial charge >= 0.3 is 0 Å². The molecule has 0 saturated heterocycles. The number of aliphatic hydroxyl groups is 2. The van der Waals surface area contributed by atoms with E-state index in [9.17, 15) is 5.11 Å². The Morgan fingerprint density at radius 3 is 3.15 bits per heavy atom. The normalized spacial score (nSPS) is 21.5. The summed E-state index contributed by atoms with van der Waals surface area (Å²) in [6.07, 6.45) is 1.54. The fraction of sp³-hybridized carbons (Fsp3) is 0.750. The zero-order valence-electron chi connectivity index (χ0n) is 7.35. The van der Waals surface area contributed by atoms with Gasteiger partial charge < -0.3 is 10.2 Å². The van der Waals surface area contributed by atoms with Gasteiger partial charge in [0.2, 0.25) is 0 Å². The molecule has 1 aromatic heterocycles. The Bertz CT molecular complexity index is 298. The average Bonchev–Trinajstić information content (AvgIpc) is 2.46. The van der Waals surface area contributed by atoms with Crippen molar-refractivity contribution >= 4 is 0 Å². The third kappa shape index (κ3) is 1.71. The van der Waals surface area contributed by atoms with Gasteiger partial charge in [-0.3, -0.25) is 0 Å². The van der Waals surface area contributed by atoms with E-state index in [2.05, 4.69) is 10.1 Å². The summed E-state index contributed by atoms with van der Waals surface area (Å²) >= 11 is 0. The first-order valence-electron chi connectivity index (χ1n) is 4.51. The first kappa shape index (κ1) is 8.65. The minimum Gasteiger partial charge on any atom is -0.396 e. The van der Waals surface area contributed by atoms with Gasteiger partial charge in [-0.25, -0.2) is 9.67 Å². The second-order valence-corrected chi connectivity index (χ2v) is 3.29. The minimum absolute atomic E-state index is 0.0754. The highest BCUT2D eigenvalue weighted by Gasteiger charge is 2.19. The summed E-state index contributed by atoms with van der Waals surface area (Å²) in [5.74, 6) is 1.51. The number of aliphatic hydroxyl groups excluding tert-OH is 2. The molecule has 1 aliphatic heterocycles. The first-order chi connectivity index (χ1) is 6.29. The van der Waals surface area contributed by atoms with Crippen LogP contribution in [0.15, 0.2) is 0 Å². The van der Waals surface area contributed by atoms with Crippen LogP contribution in [0.1, 0.15) is 18.1 Å². The lowest BCUT2D eigenvalue weighted by atomic mass is 10.1. The van der Waals surface area contributed by atoms with Crippen molar-refractivity contribution in [2.24, 2.45) is 0 Å². The van der Waals surface area contributed by atoms with E-state index in [1.807, 2.05) is 4.68 Å². The van der Waals surface area contributed by atoms with Crippen LogP contribution in [0.5, 0.6) is 0 Å². The summed E-state index contributed by atoms with van der Waals surface area (Å²) in [4.78, 5) is 4.22. The molecule has 1 atom stereocenters. The van der Waals surface area contributed by atoms with Gasteiger partial charge in [0.25, 0.3) is 0 Å². The van der Waals surface area contributed by atoms with Crippen LogP contribution >= 0.6 is 0 Å². The third-order valence-electron chi connectivity index (χ3n) is 2.22. The van der Waals surface area contributed by atoms with Crippen molar-refractivity contribution in [3.05, 3.63) is 11.6 Å². The second-order valence-electron chi connectivity index (χ2n) is 3.29. The Labute approximate surface area is 76.0 Å². The molecule has 5 heteroatoms. The van der Waals surface area contributed by atoms with Crippen LogP contribution in [0, 0.1) is 0 Å². The molecule has 0 fully saturated rings. The lowest BCUT2D eigenvalue weighted by Gasteiger charge is -2.16. The average molecular weight is 183 g/mol. The van der Waals surface area contributed by atoms with Crippen LogP contribution in [0.3, 0.4) is 0 Å². The number of rotatable bonds is 2. The van der Waals surface area contributed by atoms with Gasteiger partial charge in [-0.05, 0) is 6.42 Å². The van der Waals surface area contributed by atoms with Crippen molar-refractivity contribution in [2.75, 3.05) is 6.61 Å². The van der Waals surface area contributed by atoms with E-state index in [0.717, 1.165) is 18.8 Å². The van der Waals surface area contributed by atoms with Crippen molar-refractivity contribution < 1.29 is 10.2 Å². The molecule has 72 valence electrons. The topological polar surface area (TPSA) is 71.2 Å². The number of fused-ring (bicyclic) bond motifs is 1. The molecule has 0 saturated carbocycles. The zero-order chi connectivity index (χ0) is 9.26. The summed E-state index contributed by atoms with van der Waals surface area (Å²) < 4.78 is 1.82. The highest BCUT2D eigenvalue weighted by Crippen LogP contribution is 2.12.